The highest BCUT2D eigenvalue weighted by molar-refractivity contribution is 5.89. The lowest BCUT2D eigenvalue weighted by Gasteiger charge is -2.52. The molecule has 2 aliphatic rings. The molecule has 2 aromatic rings. The fourth-order valence-electron chi connectivity index (χ4n) is 4.36. The molecule has 206 valence electrons. The first-order chi connectivity index (χ1) is 18.0. The van der Waals surface area contributed by atoms with E-state index in [-0.39, 0.29) is 49.3 Å². The number of likely N-dealkylation sites (N-methyl/N-ethyl adjacent to an activating group) is 1. The first-order valence-corrected chi connectivity index (χ1v) is 12.8. The summed E-state index contributed by atoms with van der Waals surface area (Å²) in [5.41, 5.74) is 1.67. The number of nitrogens with zero attached hydrogens (tertiary/aromatic N) is 4. The summed E-state index contributed by atoms with van der Waals surface area (Å²) in [6.07, 6.45) is -0.650. The Morgan fingerprint density at radius 1 is 1.00 bits per heavy atom. The molecule has 2 saturated heterocycles. The number of amides is 4. The van der Waals surface area contributed by atoms with Gasteiger partial charge in [0, 0.05) is 13.6 Å². The lowest BCUT2D eigenvalue weighted by molar-refractivity contribution is -0.180. The van der Waals surface area contributed by atoms with E-state index in [1.165, 1.54) is 22.0 Å². The van der Waals surface area contributed by atoms with Gasteiger partial charge in [0.15, 0.2) is 0 Å². The summed E-state index contributed by atoms with van der Waals surface area (Å²) in [5, 5.41) is 5.96. The lowest BCUT2D eigenvalue weighted by atomic mass is 10.0. The number of fused-ring (bicyclic) bond motifs is 1. The summed E-state index contributed by atoms with van der Waals surface area (Å²) in [6, 6.07) is 12.6. The summed E-state index contributed by atoms with van der Waals surface area (Å²) >= 11 is 0. The molecule has 9 nitrogen and oxygen atoms in total. The Morgan fingerprint density at radius 3 is 2.18 bits per heavy atom. The van der Waals surface area contributed by atoms with Crippen LogP contribution < -0.4 is 10.1 Å². The van der Waals surface area contributed by atoms with Crippen molar-refractivity contribution in [2.75, 3.05) is 33.8 Å². The van der Waals surface area contributed by atoms with E-state index >= 15 is 0 Å². The number of rotatable bonds is 5. The predicted molar refractivity (Wildman–Crippen MR) is 142 cm³/mol. The highest BCUT2D eigenvalue weighted by atomic mass is 19.1. The van der Waals surface area contributed by atoms with E-state index in [0.717, 1.165) is 22.8 Å². The Bertz CT molecular complexity index is 1110. The topological polar surface area (TPSA) is 85.4 Å². The van der Waals surface area contributed by atoms with E-state index < -0.39 is 6.17 Å². The molecule has 4 amide bonds. The van der Waals surface area contributed by atoms with E-state index in [9.17, 15) is 18.8 Å². The van der Waals surface area contributed by atoms with Gasteiger partial charge in [0.05, 0.1) is 26.2 Å². The third-order valence-electron chi connectivity index (χ3n) is 6.31. The maximum Gasteiger partial charge on any atom is 0.334 e. The Morgan fingerprint density at radius 2 is 1.61 bits per heavy atom. The van der Waals surface area contributed by atoms with Gasteiger partial charge in [0.2, 0.25) is 11.8 Å². The predicted octanol–water partition coefficient (Wildman–Crippen LogP) is 3.63. The lowest BCUT2D eigenvalue weighted by Crippen LogP contribution is -2.73. The monoisotopic (exact) mass is 527 g/mol. The van der Waals surface area contributed by atoms with Gasteiger partial charge in [-0.1, -0.05) is 45.0 Å². The minimum absolute atomic E-state index is 0.00669. The molecule has 0 saturated carbocycles. The van der Waals surface area contributed by atoms with Crippen molar-refractivity contribution >= 4 is 17.8 Å². The van der Waals surface area contributed by atoms with Crippen LogP contribution in [0.2, 0.25) is 0 Å². The standard InChI is InChI=1S/C24H28FN5O4.C4H10/c1-16(18-6-8-19(25)9-7-18)28-13-21-29(15-23(28)32)22(31)14-27(2)30(21)24(33)26-12-17-4-10-20(34-3)11-5-17;1-4(2)3/h4-11,16,21H,12-15H2,1-3H3,(H,26,33);4H,1-3H3. The van der Waals surface area contributed by atoms with Crippen LogP contribution >= 0.6 is 0 Å². The van der Waals surface area contributed by atoms with Crippen LogP contribution in [0, 0.1) is 11.7 Å². The molecule has 10 heteroatoms. The molecule has 0 aliphatic carbocycles. The molecule has 0 bridgehead atoms. The fourth-order valence-corrected chi connectivity index (χ4v) is 4.36. The maximum absolute atomic E-state index is 13.4. The van der Waals surface area contributed by atoms with Crippen molar-refractivity contribution in [2.24, 2.45) is 5.92 Å². The summed E-state index contributed by atoms with van der Waals surface area (Å²) in [4.78, 5) is 41.9. The minimum atomic E-state index is -0.650. The number of halogens is 1. The van der Waals surface area contributed by atoms with Crippen LogP contribution in [0.4, 0.5) is 9.18 Å². The number of nitrogens with one attached hydrogen (secondary N) is 1. The van der Waals surface area contributed by atoms with Crippen LogP contribution in [0.1, 0.15) is 44.9 Å². The third kappa shape index (κ3) is 7.00. The Hall–Kier alpha value is -3.66. The van der Waals surface area contributed by atoms with Gasteiger partial charge < -0.3 is 19.9 Å². The van der Waals surface area contributed by atoms with Crippen molar-refractivity contribution in [1.29, 1.82) is 0 Å². The second-order valence-electron chi connectivity index (χ2n) is 10.2. The molecule has 0 spiro atoms. The summed E-state index contributed by atoms with van der Waals surface area (Å²) in [6.45, 7) is 8.66. The van der Waals surface area contributed by atoms with Crippen molar-refractivity contribution in [3.8, 4) is 5.75 Å². The van der Waals surface area contributed by atoms with Gasteiger partial charge in [0.1, 0.15) is 24.3 Å². The summed E-state index contributed by atoms with van der Waals surface area (Å²) < 4.78 is 18.5. The first-order valence-electron chi connectivity index (χ1n) is 12.8. The number of carbonyl (C=O) groups excluding carboxylic acids is 3. The van der Waals surface area contributed by atoms with Crippen molar-refractivity contribution in [3.05, 3.63) is 65.5 Å². The normalized spacial score (nSPS) is 18.5. The Labute approximate surface area is 224 Å². The molecule has 2 aliphatic heterocycles. The molecule has 2 atom stereocenters. The maximum atomic E-state index is 13.4. The van der Waals surface area contributed by atoms with Crippen LogP contribution in [0.3, 0.4) is 0 Å². The SMILES string of the molecule is CC(C)C.COc1ccc(CNC(=O)N2C3CN(C(C)c4ccc(F)cc4)C(=O)CN3C(=O)CN2C)cc1. The number of carbonyl (C=O) groups is 3. The quantitative estimate of drug-likeness (QED) is 0.642. The zero-order valence-corrected chi connectivity index (χ0v) is 23.0. The summed E-state index contributed by atoms with van der Waals surface area (Å²) in [7, 11) is 3.26. The molecular weight excluding hydrogens is 489 g/mol. The van der Waals surface area contributed by atoms with Crippen LogP contribution in [0.25, 0.3) is 0 Å². The average Bonchev–Trinajstić information content (AvgIpc) is 2.87. The van der Waals surface area contributed by atoms with E-state index in [4.69, 9.17) is 4.74 Å². The molecule has 2 heterocycles. The first kappa shape index (κ1) is 28.9. The van der Waals surface area contributed by atoms with Crippen LogP contribution in [-0.4, -0.2) is 77.6 Å². The largest absolute Gasteiger partial charge is 0.497 e. The van der Waals surface area contributed by atoms with Crippen LogP contribution in [0.5, 0.6) is 5.75 Å². The second kappa shape index (κ2) is 12.7. The number of piperazine rings is 1. The zero-order valence-electron chi connectivity index (χ0n) is 23.0. The van der Waals surface area contributed by atoms with E-state index in [2.05, 4.69) is 26.1 Å². The molecule has 0 radical (unpaired) electrons. The molecule has 2 fully saturated rings. The van der Waals surface area contributed by atoms with Gasteiger partial charge in [-0.2, -0.15) is 0 Å². The average molecular weight is 528 g/mol. The minimum Gasteiger partial charge on any atom is -0.497 e. The zero-order chi connectivity index (χ0) is 28.0. The van der Waals surface area contributed by atoms with Gasteiger partial charge in [-0.15, -0.1) is 0 Å². The Kier molecular flexibility index (Phi) is 9.68. The molecular formula is C28H38FN5O4. The smallest absolute Gasteiger partial charge is 0.334 e. The Balaban J connectivity index is 0.000000934. The molecule has 1 N–H and O–H groups in total. The summed E-state index contributed by atoms with van der Waals surface area (Å²) in [5.74, 6) is 0.771. The number of methoxy groups -OCH3 is 1. The highest BCUT2D eigenvalue weighted by Crippen LogP contribution is 2.28. The van der Waals surface area contributed by atoms with Gasteiger partial charge in [0.25, 0.3) is 0 Å². The van der Waals surface area contributed by atoms with Crippen LogP contribution in [0.15, 0.2) is 48.5 Å². The number of benzene rings is 2. The van der Waals surface area contributed by atoms with E-state index in [0.29, 0.717) is 6.54 Å². The van der Waals surface area contributed by atoms with Crippen molar-refractivity contribution < 1.29 is 23.5 Å². The van der Waals surface area contributed by atoms with Gasteiger partial charge in [-0.3, -0.25) is 9.59 Å². The van der Waals surface area contributed by atoms with Crippen molar-refractivity contribution in [1.82, 2.24) is 25.1 Å². The number of urea groups is 1. The number of hydrogen-bond acceptors (Lipinski definition) is 5. The van der Waals surface area contributed by atoms with Crippen molar-refractivity contribution in [2.45, 2.75) is 46.4 Å². The van der Waals surface area contributed by atoms with Gasteiger partial charge >= 0.3 is 6.03 Å². The fraction of sp³-hybridized carbons (Fsp3) is 0.464. The van der Waals surface area contributed by atoms with Crippen molar-refractivity contribution in [3.63, 3.8) is 0 Å². The van der Waals surface area contributed by atoms with Crippen LogP contribution in [-0.2, 0) is 16.1 Å². The molecule has 2 aromatic carbocycles. The molecule has 38 heavy (non-hydrogen) atoms. The molecule has 2 unspecified atom stereocenters. The molecule has 0 aromatic heterocycles. The number of hydrazine groups is 1. The number of hydrogen-bond donors (Lipinski definition) is 1. The third-order valence-corrected chi connectivity index (χ3v) is 6.31. The van der Waals surface area contributed by atoms with Gasteiger partial charge in [-0.25, -0.2) is 19.2 Å². The second-order valence-corrected chi connectivity index (χ2v) is 10.2. The number of ether oxygens (including phenoxy) is 1. The molecule has 4 rings (SSSR count). The highest BCUT2D eigenvalue weighted by Gasteiger charge is 2.46. The van der Waals surface area contributed by atoms with Gasteiger partial charge in [-0.05, 0) is 48.2 Å². The van der Waals surface area contributed by atoms with E-state index in [1.54, 1.807) is 36.2 Å². The van der Waals surface area contributed by atoms with E-state index in [1.807, 2.05) is 31.2 Å².